The van der Waals surface area contributed by atoms with Gasteiger partial charge in [-0.1, -0.05) is 0 Å². The van der Waals surface area contributed by atoms with Gasteiger partial charge in [0, 0.05) is 40.7 Å². The van der Waals surface area contributed by atoms with Gasteiger partial charge in [0.25, 0.3) is 0 Å². The largest absolute Gasteiger partial charge is 0.359 e. The van der Waals surface area contributed by atoms with E-state index >= 15 is 0 Å². The predicted molar refractivity (Wildman–Crippen MR) is 109 cm³/mol. The van der Waals surface area contributed by atoms with Crippen molar-refractivity contribution in [1.82, 2.24) is 20.4 Å². The second-order valence-corrected chi connectivity index (χ2v) is 6.62. The van der Waals surface area contributed by atoms with E-state index in [0.717, 1.165) is 40.6 Å². The van der Waals surface area contributed by atoms with E-state index in [4.69, 9.17) is 0 Å². The molecule has 0 radical (unpaired) electrons. The van der Waals surface area contributed by atoms with Crippen LogP contribution >= 0.6 is 0 Å². The third kappa shape index (κ3) is 3.16. The average molecular weight is 357 g/mol. The average Bonchev–Trinajstić information content (AvgIpc) is 3.26. The molecule has 0 fully saturated rings. The number of H-pyrrole nitrogens is 1. The molecule has 0 amide bonds. The van der Waals surface area contributed by atoms with Gasteiger partial charge in [-0.3, -0.25) is 0 Å². The molecule has 3 heterocycles. The van der Waals surface area contributed by atoms with Crippen LogP contribution in [0, 0.1) is 6.92 Å². The minimum Gasteiger partial charge on any atom is -0.359 e. The molecule has 0 saturated carbocycles. The van der Waals surface area contributed by atoms with Crippen LogP contribution in [-0.2, 0) is 6.54 Å². The second-order valence-electron chi connectivity index (χ2n) is 6.62. The molecule has 5 rings (SSSR count). The maximum atomic E-state index is 4.57. The Morgan fingerprint density at radius 2 is 1.85 bits per heavy atom. The van der Waals surface area contributed by atoms with E-state index in [2.05, 4.69) is 67.6 Å². The van der Waals surface area contributed by atoms with Crippen LogP contribution in [0.15, 0.2) is 54.7 Å². The van der Waals surface area contributed by atoms with Gasteiger partial charge in [0.2, 0.25) is 5.95 Å². The number of hydrogen-bond donors (Lipinski definition) is 5. The summed E-state index contributed by atoms with van der Waals surface area (Å²) in [6.45, 7) is 2.86. The lowest BCUT2D eigenvalue weighted by Crippen LogP contribution is -2.10. The first-order chi connectivity index (χ1) is 13.2. The van der Waals surface area contributed by atoms with Crippen LogP contribution in [-0.4, -0.2) is 15.0 Å². The molecule has 5 N–H and O–H groups in total. The second kappa shape index (κ2) is 6.30. The van der Waals surface area contributed by atoms with Crippen molar-refractivity contribution in [3.8, 4) is 0 Å². The number of anilines is 5. The van der Waals surface area contributed by atoms with Crippen molar-refractivity contribution in [3.63, 3.8) is 0 Å². The molecule has 7 nitrogen and oxygen atoms in total. The predicted octanol–water partition coefficient (Wildman–Crippen LogP) is 4.18. The van der Waals surface area contributed by atoms with Gasteiger partial charge in [0.15, 0.2) is 0 Å². The fraction of sp³-hybridized carbons (Fsp3) is 0.100. The molecule has 2 aromatic heterocycles. The lowest BCUT2D eigenvalue weighted by atomic mass is 10.2. The fourth-order valence-corrected chi connectivity index (χ4v) is 3.30. The van der Waals surface area contributed by atoms with Crippen LogP contribution in [0.1, 0.15) is 11.3 Å². The first-order valence-corrected chi connectivity index (χ1v) is 8.81. The SMILES string of the molecule is Cc1cc2cc(Nc3ccnc(Nc4ccc5c(c4)CNN5)n3)ccc2[nH]1. The van der Waals surface area contributed by atoms with Gasteiger partial charge in [0.05, 0.1) is 5.69 Å². The van der Waals surface area contributed by atoms with E-state index in [-0.39, 0.29) is 0 Å². The molecule has 0 saturated heterocycles. The van der Waals surface area contributed by atoms with Crippen LogP contribution in [0.3, 0.4) is 0 Å². The zero-order valence-electron chi connectivity index (χ0n) is 14.8. The Bertz CT molecular complexity index is 1130. The number of hydrogen-bond acceptors (Lipinski definition) is 6. The highest BCUT2D eigenvalue weighted by atomic mass is 15.4. The summed E-state index contributed by atoms with van der Waals surface area (Å²) < 4.78 is 0. The standard InChI is InChI=1S/C20H19N7/c1-12-8-13-9-15(2-4-17(13)23-12)24-19-6-7-21-20(26-19)25-16-3-5-18-14(10-16)11-22-27-18/h2-10,22-23,27H,11H2,1H3,(H2,21,24,25,26). The van der Waals surface area contributed by atoms with Gasteiger partial charge in [-0.15, -0.1) is 0 Å². The van der Waals surface area contributed by atoms with E-state index in [1.165, 1.54) is 10.9 Å². The van der Waals surface area contributed by atoms with E-state index < -0.39 is 0 Å². The van der Waals surface area contributed by atoms with Crippen molar-refractivity contribution in [2.45, 2.75) is 13.5 Å². The first kappa shape index (κ1) is 15.7. The highest BCUT2D eigenvalue weighted by Gasteiger charge is 2.10. The third-order valence-corrected chi connectivity index (χ3v) is 4.55. The van der Waals surface area contributed by atoms with Gasteiger partial charge in [-0.2, -0.15) is 4.98 Å². The van der Waals surface area contributed by atoms with Crippen LogP contribution in [0.25, 0.3) is 10.9 Å². The monoisotopic (exact) mass is 357 g/mol. The number of hydrazine groups is 1. The van der Waals surface area contributed by atoms with Crippen LogP contribution < -0.4 is 21.5 Å². The lowest BCUT2D eigenvalue weighted by molar-refractivity contribution is 0.860. The Kier molecular flexibility index (Phi) is 3.65. The number of aryl methyl sites for hydroxylation is 1. The summed E-state index contributed by atoms with van der Waals surface area (Å²) in [5, 5.41) is 7.79. The quantitative estimate of drug-likeness (QED) is 0.376. The summed E-state index contributed by atoms with van der Waals surface area (Å²) in [5.41, 5.74) is 12.8. The smallest absolute Gasteiger partial charge is 0.229 e. The molecule has 0 atom stereocenters. The number of aromatic amines is 1. The van der Waals surface area contributed by atoms with Crippen molar-refractivity contribution in [3.05, 3.63) is 66.0 Å². The number of rotatable bonds is 4. The van der Waals surface area contributed by atoms with E-state index in [1.807, 2.05) is 24.3 Å². The van der Waals surface area contributed by atoms with Crippen molar-refractivity contribution in [1.29, 1.82) is 0 Å². The molecule has 1 aliphatic heterocycles. The molecular weight excluding hydrogens is 338 g/mol. The molecule has 0 bridgehead atoms. The topological polar surface area (TPSA) is 89.7 Å². The maximum absolute atomic E-state index is 4.57. The zero-order valence-corrected chi connectivity index (χ0v) is 14.8. The van der Waals surface area contributed by atoms with Gasteiger partial charge in [-0.05, 0) is 61.0 Å². The molecule has 27 heavy (non-hydrogen) atoms. The summed E-state index contributed by atoms with van der Waals surface area (Å²) in [6, 6.07) is 16.3. The number of nitrogens with zero attached hydrogens (tertiary/aromatic N) is 2. The molecule has 0 unspecified atom stereocenters. The lowest BCUT2D eigenvalue weighted by Gasteiger charge is -2.09. The van der Waals surface area contributed by atoms with Crippen LogP contribution in [0.2, 0.25) is 0 Å². The summed E-state index contributed by atoms with van der Waals surface area (Å²) in [7, 11) is 0. The fourth-order valence-electron chi connectivity index (χ4n) is 3.30. The number of nitrogens with one attached hydrogen (secondary N) is 5. The number of benzene rings is 2. The van der Waals surface area contributed by atoms with Crippen molar-refractivity contribution in [2.75, 3.05) is 16.1 Å². The van der Waals surface area contributed by atoms with Gasteiger partial charge < -0.3 is 21.0 Å². The highest BCUT2D eigenvalue weighted by Crippen LogP contribution is 2.26. The molecule has 0 spiro atoms. The van der Waals surface area contributed by atoms with Crippen molar-refractivity contribution >= 4 is 39.7 Å². The molecule has 1 aliphatic rings. The summed E-state index contributed by atoms with van der Waals surface area (Å²) in [6.07, 6.45) is 1.74. The molecular formula is C20H19N7. The maximum Gasteiger partial charge on any atom is 0.229 e. The Labute approximate surface area is 156 Å². The molecule has 134 valence electrons. The van der Waals surface area contributed by atoms with Gasteiger partial charge in [-0.25, -0.2) is 10.4 Å². The molecule has 0 aliphatic carbocycles. The van der Waals surface area contributed by atoms with Crippen molar-refractivity contribution in [2.24, 2.45) is 0 Å². The summed E-state index contributed by atoms with van der Waals surface area (Å²) in [5.74, 6) is 1.29. The molecule has 4 aromatic rings. The van der Waals surface area contributed by atoms with E-state index in [1.54, 1.807) is 6.20 Å². The van der Waals surface area contributed by atoms with E-state index in [9.17, 15) is 0 Å². The van der Waals surface area contributed by atoms with Gasteiger partial charge in [0.1, 0.15) is 5.82 Å². The minimum atomic E-state index is 0.553. The Morgan fingerprint density at radius 1 is 0.963 bits per heavy atom. The number of fused-ring (bicyclic) bond motifs is 2. The highest BCUT2D eigenvalue weighted by molar-refractivity contribution is 5.84. The van der Waals surface area contributed by atoms with Crippen molar-refractivity contribution < 1.29 is 0 Å². The summed E-state index contributed by atoms with van der Waals surface area (Å²) >= 11 is 0. The molecule has 2 aromatic carbocycles. The number of aromatic nitrogens is 3. The first-order valence-electron chi connectivity index (χ1n) is 8.81. The normalized spacial score (nSPS) is 12.6. The van der Waals surface area contributed by atoms with E-state index in [0.29, 0.717) is 5.95 Å². The Hall–Kier alpha value is -3.58. The third-order valence-electron chi connectivity index (χ3n) is 4.55. The van der Waals surface area contributed by atoms with Crippen LogP contribution in [0.5, 0.6) is 0 Å². The Morgan fingerprint density at radius 3 is 2.81 bits per heavy atom. The summed E-state index contributed by atoms with van der Waals surface area (Å²) in [4.78, 5) is 12.2. The minimum absolute atomic E-state index is 0.553. The Balaban J connectivity index is 1.36. The molecule has 7 heteroatoms. The zero-order chi connectivity index (χ0) is 18.2. The van der Waals surface area contributed by atoms with Gasteiger partial charge >= 0.3 is 0 Å². The van der Waals surface area contributed by atoms with Crippen LogP contribution in [0.4, 0.5) is 28.8 Å².